The van der Waals surface area contributed by atoms with E-state index in [0.717, 1.165) is 61.2 Å². The zero-order chi connectivity index (χ0) is 20.2. The number of benzene rings is 1. The minimum Gasteiger partial charge on any atom is -0.357 e. The Morgan fingerprint density at radius 3 is 2.83 bits per heavy atom. The van der Waals surface area contributed by atoms with Gasteiger partial charge in [0.05, 0.1) is 18.0 Å². The van der Waals surface area contributed by atoms with E-state index in [2.05, 4.69) is 10.3 Å². The highest BCUT2D eigenvalue weighted by atomic mass is 35.5. The smallest absolute Gasteiger partial charge is 0.317 e. The number of H-pyrrole nitrogens is 1. The van der Waals surface area contributed by atoms with Gasteiger partial charge in [0.15, 0.2) is 0 Å². The number of likely N-dealkylation sites (tertiary alicyclic amines) is 1. The number of likely N-dealkylation sites (N-methyl/N-ethyl adjacent to an activating group) is 1. The fraction of sp³-hybridized carbons (Fsp3) is 0.545. The van der Waals surface area contributed by atoms with Gasteiger partial charge in [-0.2, -0.15) is 0 Å². The van der Waals surface area contributed by atoms with E-state index in [1.165, 1.54) is 0 Å². The molecule has 3 aliphatic carbocycles. The van der Waals surface area contributed by atoms with Crippen LogP contribution in [0.5, 0.6) is 0 Å². The topological polar surface area (TPSA) is 68.4 Å². The number of carbonyl (C=O) groups excluding carboxylic acids is 2. The molecule has 3 amide bonds. The van der Waals surface area contributed by atoms with Crippen molar-refractivity contribution in [1.82, 2.24) is 20.1 Å². The molecule has 2 aromatic rings. The third kappa shape index (κ3) is 3.27. The Hall–Kier alpha value is -2.21. The van der Waals surface area contributed by atoms with Gasteiger partial charge >= 0.3 is 6.03 Å². The predicted molar refractivity (Wildman–Crippen MR) is 113 cm³/mol. The molecule has 29 heavy (non-hydrogen) atoms. The van der Waals surface area contributed by atoms with Gasteiger partial charge in [-0.15, -0.1) is 0 Å². The molecule has 2 heterocycles. The van der Waals surface area contributed by atoms with Crippen molar-refractivity contribution in [3.8, 4) is 0 Å². The number of nitrogens with zero attached hydrogens (tertiary/aromatic N) is 2. The molecule has 1 unspecified atom stereocenters. The average Bonchev–Trinajstić information content (AvgIpc) is 3.05. The van der Waals surface area contributed by atoms with Gasteiger partial charge < -0.3 is 20.1 Å². The van der Waals surface area contributed by atoms with Crippen molar-refractivity contribution in [2.45, 2.75) is 44.7 Å². The van der Waals surface area contributed by atoms with E-state index in [9.17, 15) is 9.59 Å². The van der Waals surface area contributed by atoms with Gasteiger partial charge in [-0.25, -0.2) is 4.79 Å². The van der Waals surface area contributed by atoms with Crippen LogP contribution in [0, 0.1) is 11.3 Å². The Morgan fingerprint density at radius 1 is 1.31 bits per heavy atom. The first-order valence-electron chi connectivity index (χ1n) is 10.5. The highest BCUT2D eigenvalue weighted by molar-refractivity contribution is 6.31. The highest BCUT2D eigenvalue weighted by Crippen LogP contribution is 2.65. The van der Waals surface area contributed by atoms with Crippen molar-refractivity contribution in [3.63, 3.8) is 0 Å². The summed E-state index contributed by atoms with van der Waals surface area (Å²) in [6, 6.07) is 7.67. The first-order chi connectivity index (χ1) is 13.9. The minimum absolute atomic E-state index is 0.0358. The zero-order valence-corrected chi connectivity index (χ0v) is 17.5. The van der Waals surface area contributed by atoms with E-state index in [-0.39, 0.29) is 17.5 Å². The third-order valence-corrected chi connectivity index (χ3v) is 7.35. The monoisotopic (exact) mass is 414 g/mol. The lowest BCUT2D eigenvalue weighted by molar-refractivity contribution is -0.178. The van der Waals surface area contributed by atoms with Crippen LogP contribution in [-0.4, -0.2) is 52.9 Å². The van der Waals surface area contributed by atoms with Crippen molar-refractivity contribution in [2.24, 2.45) is 11.3 Å². The predicted octanol–water partition coefficient (Wildman–Crippen LogP) is 3.75. The molecule has 0 spiro atoms. The molecule has 0 radical (unpaired) electrons. The second-order valence-electron chi connectivity index (χ2n) is 9.10. The van der Waals surface area contributed by atoms with Crippen molar-refractivity contribution in [2.75, 3.05) is 20.1 Å². The first-order valence-corrected chi connectivity index (χ1v) is 10.9. The van der Waals surface area contributed by atoms with E-state index in [0.29, 0.717) is 24.0 Å². The molecule has 7 heteroatoms. The quantitative estimate of drug-likeness (QED) is 0.799. The Bertz CT molecular complexity index is 954. The van der Waals surface area contributed by atoms with Gasteiger partial charge in [0.1, 0.15) is 0 Å². The summed E-state index contributed by atoms with van der Waals surface area (Å²) in [5.74, 6) is 1.13. The standard InChI is InChI=1S/C22H27ClN4O2/c1-26(18-3-2-6-27(13-18)20(28)22-9-14(10-22)11-22)21(29)24-12-17-8-15-7-16(23)4-5-19(15)25-17/h4-5,7-8,14,18,25H,2-3,6,9-13H2,1H3,(H,24,29). The molecule has 1 aromatic heterocycles. The molecule has 154 valence electrons. The number of aromatic amines is 1. The second-order valence-corrected chi connectivity index (χ2v) is 9.54. The number of nitrogens with one attached hydrogen (secondary N) is 2. The number of aromatic nitrogens is 1. The zero-order valence-electron chi connectivity index (χ0n) is 16.7. The molecule has 4 aliphatic rings. The number of piperidine rings is 1. The number of halogens is 1. The van der Waals surface area contributed by atoms with Crippen LogP contribution >= 0.6 is 11.6 Å². The van der Waals surface area contributed by atoms with Crippen LogP contribution in [0.15, 0.2) is 24.3 Å². The largest absolute Gasteiger partial charge is 0.357 e. The van der Waals surface area contributed by atoms with Crippen molar-refractivity contribution in [3.05, 3.63) is 35.0 Å². The van der Waals surface area contributed by atoms with Gasteiger partial charge in [0, 0.05) is 41.8 Å². The lowest BCUT2D eigenvalue weighted by Crippen LogP contribution is -2.63. The second kappa shape index (κ2) is 6.94. The summed E-state index contributed by atoms with van der Waals surface area (Å²) in [6.07, 6.45) is 5.14. The molecular formula is C22H27ClN4O2. The maximum Gasteiger partial charge on any atom is 0.317 e. The Labute approximate surface area is 175 Å². The van der Waals surface area contributed by atoms with Crippen LogP contribution < -0.4 is 5.32 Å². The molecule has 4 fully saturated rings. The SMILES string of the molecule is CN(C(=O)NCc1cc2cc(Cl)ccc2[nH]1)C1CCCN(C(=O)C23CC(C2)C3)C1. The minimum atomic E-state index is -0.105. The van der Waals surface area contributed by atoms with E-state index in [1.54, 1.807) is 4.90 Å². The number of fused-ring (bicyclic) bond motifs is 1. The van der Waals surface area contributed by atoms with Gasteiger partial charge in [-0.05, 0) is 62.3 Å². The maximum absolute atomic E-state index is 12.9. The van der Waals surface area contributed by atoms with Gasteiger partial charge in [-0.1, -0.05) is 11.6 Å². The fourth-order valence-corrected chi connectivity index (χ4v) is 5.43. The number of amides is 3. The summed E-state index contributed by atoms with van der Waals surface area (Å²) in [5, 5.41) is 4.72. The van der Waals surface area contributed by atoms with Crippen molar-refractivity contribution < 1.29 is 9.59 Å². The Morgan fingerprint density at radius 2 is 2.10 bits per heavy atom. The molecule has 2 bridgehead atoms. The molecule has 2 N–H and O–H groups in total. The molecule has 1 atom stereocenters. The summed E-state index contributed by atoms with van der Waals surface area (Å²) in [5.41, 5.74) is 1.90. The summed E-state index contributed by atoms with van der Waals surface area (Å²) >= 11 is 6.04. The van der Waals surface area contributed by atoms with Crippen molar-refractivity contribution in [1.29, 1.82) is 0 Å². The van der Waals surface area contributed by atoms with E-state index in [4.69, 9.17) is 11.6 Å². The molecule has 6 nitrogen and oxygen atoms in total. The van der Waals surface area contributed by atoms with Gasteiger partial charge in [0.25, 0.3) is 0 Å². The van der Waals surface area contributed by atoms with E-state index >= 15 is 0 Å². The summed E-state index contributed by atoms with van der Waals surface area (Å²) in [7, 11) is 1.83. The molecule has 3 saturated carbocycles. The number of urea groups is 1. The van der Waals surface area contributed by atoms with Gasteiger partial charge in [0.2, 0.25) is 5.91 Å². The summed E-state index contributed by atoms with van der Waals surface area (Å²) in [6.45, 7) is 1.91. The Kier molecular flexibility index (Phi) is 4.50. The average molecular weight is 415 g/mol. The lowest BCUT2D eigenvalue weighted by Gasteiger charge is -2.61. The van der Waals surface area contributed by atoms with E-state index < -0.39 is 0 Å². The van der Waals surface area contributed by atoms with Gasteiger partial charge in [-0.3, -0.25) is 4.79 Å². The maximum atomic E-state index is 12.9. The van der Waals surface area contributed by atoms with Crippen LogP contribution in [0.1, 0.15) is 37.8 Å². The summed E-state index contributed by atoms with van der Waals surface area (Å²) < 4.78 is 0. The third-order valence-electron chi connectivity index (χ3n) is 7.11. The fourth-order valence-electron chi connectivity index (χ4n) is 5.25. The molecule has 1 saturated heterocycles. The lowest BCUT2D eigenvalue weighted by atomic mass is 9.44. The van der Waals surface area contributed by atoms with Crippen LogP contribution in [0.3, 0.4) is 0 Å². The molecular weight excluding hydrogens is 388 g/mol. The van der Waals surface area contributed by atoms with Crippen LogP contribution in [0.25, 0.3) is 10.9 Å². The highest BCUT2D eigenvalue weighted by Gasteiger charge is 2.62. The molecule has 1 aliphatic heterocycles. The van der Waals surface area contributed by atoms with Crippen LogP contribution in [-0.2, 0) is 11.3 Å². The van der Waals surface area contributed by atoms with Crippen LogP contribution in [0.4, 0.5) is 4.79 Å². The first kappa shape index (κ1) is 18.8. The van der Waals surface area contributed by atoms with E-state index in [1.807, 2.05) is 36.2 Å². The number of hydrogen-bond acceptors (Lipinski definition) is 2. The van der Waals surface area contributed by atoms with Crippen molar-refractivity contribution >= 4 is 34.4 Å². The number of carbonyl (C=O) groups is 2. The normalized spacial score (nSPS) is 27.9. The summed E-state index contributed by atoms with van der Waals surface area (Å²) in [4.78, 5) is 32.7. The van der Waals surface area contributed by atoms with Crippen LogP contribution in [0.2, 0.25) is 5.02 Å². The molecule has 1 aromatic carbocycles. The molecule has 6 rings (SSSR count). The number of hydrogen-bond donors (Lipinski definition) is 2. The Balaban J connectivity index is 1.17. The number of rotatable bonds is 4.